The van der Waals surface area contributed by atoms with Crippen molar-refractivity contribution in [3.05, 3.63) is 23.4 Å². The van der Waals surface area contributed by atoms with Gasteiger partial charge >= 0.3 is 0 Å². The molecular weight excluding hydrogens is 236 g/mol. The fraction of sp³-hybridized carbons (Fsp3) is 0.615. The van der Waals surface area contributed by atoms with Gasteiger partial charge in [-0.25, -0.2) is 4.98 Å². The molecule has 0 aromatic carbocycles. The van der Waals surface area contributed by atoms with E-state index in [1.165, 1.54) is 12.8 Å². The molecular formula is C13H17ClN2O. The van der Waals surface area contributed by atoms with E-state index in [1.54, 1.807) is 6.20 Å². The van der Waals surface area contributed by atoms with Crippen molar-refractivity contribution in [3.63, 3.8) is 0 Å². The second-order valence-electron chi connectivity index (χ2n) is 5.32. The number of aliphatic hydroxyl groups excluding tert-OH is 1. The number of pyridine rings is 1. The molecule has 1 aromatic rings. The Hall–Kier alpha value is -0.800. The second kappa shape index (κ2) is 4.14. The van der Waals surface area contributed by atoms with Crippen LogP contribution in [-0.4, -0.2) is 29.8 Å². The highest BCUT2D eigenvalue weighted by Gasteiger charge is 2.49. The van der Waals surface area contributed by atoms with Crippen molar-refractivity contribution in [2.75, 3.05) is 24.6 Å². The molecule has 1 aliphatic heterocycles. The number of nitrogens with zero attached hydrogens (tertiary/aromatic N) is 2. The van der Waals surface area contributed by atoms with Crippen LogP contribution in [0.2, 0.25) is 5.02 Å². The van der Waals surface area contributed by atoms with E-state index in [0.717, 1.165) is 25.3 Å². The molecule has 1 aliphatic carbocycles. The lowest BCUT2D eigenvalue weighted by Crippen LogP contribution is -2.31. The summed E-state index contributed by atoms with van der Waals surface area (Å²) < 4.78 is 0. The molecule has 2 fully saturated rings. The summed E-state index contributed by atoms with van der Waals surface area (Å²) in [4.78, 5) is 6.65. The Balaban J connectivity index is 1.82. The van der Waals surface area contributed by atoms with E-state index in [0.29, 0.717) is 17.5 Å². The summed E-state index contributed by atoms with van der Waals surface area (Å²) in [5, 5.41) is 10.3. The number of fused-ring (bicyclic) bond motifs is 1. The quantitative estimate of drug-likeness (QED) is 0.878. The highest BCUT2D eigenvalue weighted by Crippen LogP contribution is 2.48. The molecule has 17 heavy (non-hydrogen) atoms. The van der Waals surface area contributed by atoms with E-state index in [4.69, 9.17) is 11.6 Å². The first-order valence-corrected chi connectivity index (χ1v) is 6.59. The van der Waals surface area contributed by atoms with Gasteiger partial charge in [0.2, 0.25) is 0 Å². The molecule has 3 rings (SSSR count). The van der Waals surface area contributed by atoms with E-state index in [9.17, 15) is 5.11 Å². The Morgan fingerprint density at radius 1 is 1.53 bits per heavy atom. The molecule has 2 heterocycles. The maximum absolute atomic E-state index is 9.67. The van der Waals surface area contributed by atoms with Crippen LogP contribution in [0, 0.1) is 11.3 Å². The van der Waals surface area contributed by atoms with Gasteiger partial charge in [-0.15, -0.1) is 0 Å². The van der Waals surface area contributed by atoms with Crippen molar-refractivity contribution >= 4 is 17.4 Å². The monoisotopic (exact) mass is 252 g/mol. The SMILES string of the molecule is OCC12CCCC1CN(c1ccc(Cl)cn1)C2. The van der Waals surface area contributed by atoms with Crippen molar-refractivity contribution in [3.8, 4) is 0 Å². The maximum Gasteiger partial charge on any atom is 0.128 e. The Kier molecular flexibility index (Phi) is 2.75. The van der Waals surface area contributed by atoms with Gasteiger partial charge in [-0.3, -0.25) is 0 Å². The molecule has 92 valence electrons. The van der Waals surface area contributed by atoms with Gasteiger partial charge < -0.3 is 10.0 Å². The van der Waals surface area contributed by atoms with Crippen LogP contribution in [0.4, 0.5) is 5.82 Å². The van der Waals surface area contributed by atoms with Crippen LogP contribution in [0.5, 0.6) is 0 Å². The first-order chi connectivity index (χ1) is 8.23. The van der Waals surface area contributed by atoms with E-state index in [-0.39, 0.29) is 5.41 Å². The average molecular weight is 253 g/mol. The molecule has 4 heteroatoms. The molecule has 1 saturated carbocycles. The number of halogens is 1. The smallest absolute Gasteiger partial charge is 0.128 e. The molecule has 1 saturated heterocycles. The molecule has 0 bridgehead atoms. The summed E-state index contributed by atoms with van der Waals surface area (Å²) >= 11 is 5.85. The van der Waals surface area contributed by atoms with Crippen LogP contribution in [0.1, 0.15) is 19.3 Å². The number of rotatable bonds is 2. The number of hydrogen-bond donors (Lipinski definition) is 1. The molecule has 2 unspecified atom stereocenters. The number of anilines is 1. The molecule has 3 nitrogen and oxygen atoms in total. The van der Waals surface area contributed by atoms with E-state index < -0.39 is 0 Å². The standard InChI is InChI=1S/C13H17ClN2O/c14-11-3-4-12(15-6-11)16-7-10-2-1-5-13(10,8-16)9-17/h3-4,6,10,17H,1-2,5,7-9H2. The molecule has 2 atom stereocenters. The first kappa shape index (κ1) is 11.3. The van der Waals surface area contributed by atoms with Crippen LogP contribution in [0.15, 0.2) is 18.3 Å². The minimum atomic E-state index is 0.126. The van der Waals surface area contributed by atoms with Crippen LogP contribution in [-0.2, 0) is 0 Å². The third-order valence-electron chi connectivity index (χ3n) is 4.39. The van der Waals surface area contributed by atoms with Crippen molar-refractivity contribution in [1.29, 1.82) is 0 Å². The summed E-state index contributed by atoms with van der Waals surface area (Å²) in [6, 6.07) is 3.85. The predicted molar refractivity (Wildman–Crippen MR) is 68.3 cm³/mol. The van der Waals surface area contributed by atoms with Crippen LogP contribution >= 0.6 is 11.6 Å². The van der Waals surface area contributed by atoms with Gasteiger partial charge in [0.25, 0.3) is 0 Å². The van der Waals surface area contributed by atoms with Crippen molar-refractivity contribution in [2.24, 2.45) is 11.3 Å². The lowest BCUT2D eigenvalue weighted by Gasteiger charge is -2.26. The summed E-state index contributed by atoms with van der Waals surface area (Å²) in [5.74, 6) is 1.61. The van der Waals surface area contributed by atoms with Crippen LogP contribution in [0.3, 0.4) is 0 Å². The van der Waals surface area contributed by atoms with E-state index in [1.807, 2.05) is 12.1 Å². The van der Waals surface area contributed by atoms with Gasteiger partial charge in [-0.2, -0.15) is 0 Å². The third kappa shape index (κ3) is 1.81. The van der Waals surface area contributed by atoms with Gasteiger partial charge in [-0.05, 0) is 30.9 Å². The topological polar surface area (TPSA) is 36.4 Å². The summed E-state index contributed by atoms with van der Waals surface area (Å²) in [6.45, 7) is 2.26. The number of aromatic nitrogens is 1. The normalized spacial score (nSPS) is 31.9. The molecule has 1 aromatic heterocycles. The molecule has 0 amide bonds. The Labute approximate surface area is 106 Å². The second-order valence-corrected chi connectivity index (χ2v) is 5.76. The van der Waals surface area contributed by atoms with E-state index >= 15 is 0 Å². The highest BCUT2D eigenvalue weighted by atomic mass is 35.5. The fourth-order valence-electron chi connectivity index (χ4n) is 3.40. The summed E-state index contributed by atoms with van der Waals surface area (Å²) in [5.41, 5.74) is 0.126. The largest absolute Gasteiger partial charge is 0.396 e. The fourth-order valence-corrected chi connectivity index (χ4v) is 3.51. The van der Waals surface area contributed by atoms with Gasteiger partial charge in [0.1, 0.15) is 5.82 Å². The van der Waals surface area contributed by atoms with Crippen molar-refractivity contribution in [2.45, 2.75) is 19.3 Å². The highest BCUT2D eigenvalue weighted by molar-refractivity contribution is 6.30. The first-order valence-electron chi connectivity index (χ1n) is 6.21. The number of aliphatic hydroxyl groups is 1. The molecule has 2 aliphatic rings. The predicted octanol–water partition coefficient (Wildman–Crippen LogP) is 2.33. The van der Waals surface area contributed by atoms with Crippen molar-refractivity contribution < 1.29 is 5.11 Å². The van der Waals surface area contributed by atoms with Crippen LogP contribution in [0.25, 0.3) is 0 Å². The Bertz CT molecular complexity index is 408. The number of hydrogen-bond acceptors (Lipinski definition) is 3. The lowest BCUT2D eigenvalue weighted by atomic mass is 9.82. The summed E-state index contributed by atoms with van der Waals surface area (Å²) in [7, 11) is 0. The zero-order valence-corrected chi connectivity index (χ0v) is 10.5. The molecule has 0 spiro atoms. The van der Waals surface area contributed by atoms with Crippen molar-refractivity contribution in [1.82, 2.24) is 4.98 Å². The molecule has 1 N–H and O–H groups in total. The average Bonchev–Trinajstić information content (AvgIpc) is 2.86. The zero-order chi connectivity index (χ0) is 11.9. The van der Waals surface area contributed by atoms with Gasteiger partial charge in [-0.1, -0.05) is 18.0 Å². The van der Waals surface area contributed by atoms with E-state index in [2.05, 4.69) is 9.88 Å². The van der Waals surface area contributed by atoms with Gasteiger partial charge in [0.15, 0.2) is 0 Å². The molecule has 0 radical (unpaired) electrons. The third-order valence-corrected chi connectivity index (χ3v) is 4.61. The maximum atomic E-state index is 9.67. The minimum Gasteiger partial charge on any atom is -0.396 e. The summed E-state index contributed by atoms with van der Waals surface area (Å²) in [6.07, 6.45) is 5.34. The lowest BCUT2D eigenvalue weighted by molar-refractivity contribution is 0.121. The Morgan fingerprint density at radius 3 is 3.06 bits per heavy atom. The van der Waals surface area contributed by atoms with Gasteiger partial charge in [0, 0.05) is 24.7 Å². The minimum absolute atomic E-state index is 0.126. The zero-order valence-electron chi connectivity index (χ0n) is 9.77. The Morgan fingerprint density at radius 2 is 2.41 bits per heavy atom. The van der Waals surface area contributed by atoms with Crippen LogP contribution < -0.4 is 4.90 Å². The van der Waals surface area contributed by atoms with Gasteiger partial charge in [0.05, 0.1) is 11.6 Å².